The van der Waals surface area contributed by atoms with Gasteiger partial charge in [-0.25, -0.2) is 19.0 Å². The van der Waals surface area contributed by atoms with Crippen LogP contribution in [-0.2, 0) is 13.5 Å². The van der Waals surface area contributed by atoms with Gasteiger partial charge in [-0.3, -0.25) is 0 Å². The zero-order valence-corrected chi connectivity index (χ0v) is 18.1. The van der Waals surface area contributed by atoms with E-state index in [1.807, 2.05) is 20.9 Å². The Balaban J connectivity index is 1.28. The number of benzene rings is 1. The molecule has 2 atom stereocenters. The van der Waals surface area contributed by atoms with Gasteiger partial charge >= 0.3 is 6.01 Å². The maximum Gasteiger partial charge on any atom is 0.320 e. The van der Waals surface area contributed by atoms with E-state index >= 15 is 0 Å². The smallest absolute Gasteiger partial charge is 0.320 e. The highest BCUT2D eigenvalue weighted by atomic mass is 19.1. The fourth-order valence-corrected chi connectivity index (χ4v) is 5.14. The minimum atomic E-state index is -0.320. The van der Waals surface area contributed by atoms with Crippen LogP contribution in [0.5, 0.6) is 11.8 Å². The van der Waals surface area contributed by atoms with Crippen LogP contribution in [0.4, 0.5) is 10.2 Å². The molecule has 2 aliphatic rings. The molecule has 5 rings (SSSR count). The number of rotatable bonds is 5. The van der Waals surface area contributed by atoms with Crippen LogP contribution in [0.3, 0.4) is 0 Å². The standard InChI is InChI=1S/C23H27FN6O/c1-14-6-18(24)9-19(7-14)31-23-27-21(28-29(23)3)10-20-16-4-5-17(20)12-30(11-16)22-8-15(2)25-13-26-22/h6-9,13,16-17,20H,4-5,10-12H2,1-3H3. The zero-order chi connectivity index (χ0) is 21.5. The number of aryl methyl sites for hydroxylation is 3. The maximum atomic E-state index is 13.7. The normalized spacial score (nSPS) is 22.7. The minimum Gasteiger partial charge on any atom is -0.424 e. The highest BCUT2D eigenvalue weighted by molar-refractivity contribution is 5.40. The largest absolute Gasteiger partial charge is 0.424 e. The number of anilines is 1. The molecule has 1 aromatic carbocycles. The van der Waals surface area contributed by atoms with Crippen LogP contribution in [0.2, 0.25) is 0 Å². The Morgan fingerprint density at radius 1 is 1.06 bits per heavy atom. The number of halogens is 1. The van der Waals surface area contributed by atoms with Crippen LogP contribution in [0.25, 0.3) is 0 Å². The van der Waals surface area contributed by atoms with Crippen molar-refractivity contribution in [3.63, 3.8) is 0 Å². The van der Waals surface area contributed by atoms with Crippen molar-refractivity contribution in [1.82, 2.24) is 24.7 Å². The number of nitrogens with zero attached hydrogens (tertiary/aromatic N) is 6. The molecule has 2 aromatic heterocycles. The SMILES string of the molecule is Cc1cc(F)cc(Oc2nc(CC3C4CCC3CN(c3cc(C)ncn3)C4)nn2C)c1. The molecule has 1 saturated carbocycles. The second kappa shape index (κ2) is 7.90. The Kier molecular flexibility index (Phi) is 5.08. The van der Waals surface area contributed by atoms with Crippen molar-refractivity contribution in [3.05, 3.63) is 53.5 Å². The van der Waals surface area contributed by atoms with E-state index in [9.17, 15) is 4.39 Å². The third-order valence-electron chi connectivity index (χ3n) is 6.55. The lowest BCUT2D eigenvalue weighted by Crippen LogP contribution is -2.43. The van der Waals surface area contributed by atoms with E-state index in [-0.39, 0.29) is 5.82 Å². The Labute approximate surface area is 181 Å². The lowest BCUT2D eigenvalue weighted by molar-refractivity contribution is 0.264. The number of piperidine rings is 1. The summed E-state index contributed by atoms with van der Waals surface area (Å²) >= 11 is 0. The fraction of sp³-hybridized carbons (Fsp3) is 0.478. The van der Waals surface area contributed by atoms with E-state index in [1.54, 1.807) is 17.1 Å². The highest BCUT2D eigenvalue weighted by Crippen LogP contribution is 2.44. The number of fused-ring (bicyclic) bond motifs is 2. The predicted molar refractivity (Wildman–Crippen MR) is 115 cm³/mol. The van der Waals surface area contributed by atoms with E-state index in [0.29, 0.717) is 29.5 Å². The quantitative estimate of drug-likeness (QED) is 0.622. The van der Waals surface area contributed by atoms with Gasteiger partial charge < -0.3 is 9.64 Å². The van der Waals surface area contributed by atoms with Gasteiger partial charge in [0.1, 0.15) is 23.7 Å². The van der Waals surface area contributed by atoms with Gasteiger partial charge in [-0.05, 0) is 62.1 Å². The second-order valence-corrected chi connectivity index (χ2v) is 8.89. The van der Waals surface area contributed by atoms with Gasteiger partial charge in [-0.15, -0.1) is 0 Å². The first-order valence-corrected chi connectivity index (χ1v) is 10.8. The van der Waals surface area contributed by atoms with E-state index in [1.165, 1.54) is 25.0 Å². The van der Waals surface area contributed by atoms with Crippen LogP contribution in [0.15, 0.2) is 30.6 Å². The maximum absolute atomic E-state index is 13.7. The van der Waals surface area contributed by atoms with Gasteiger partial charge in [-0.1, -0.05) is 0 Å². The Morgan fingerprint density at radius 3 is 2.55 bits per heavy atom. The third kappa shape index (κ3) is 4.11. The summed E-state index contributed by atoms with van der Waals surface area (Å²) in [4.78, 5) is 15.7. The molecular weight excluding hydrogens is 395 g/mol. The van der Waals surface area contributed by atoms with Crippen molar-refractivity contribution in [2.75, 3.05) is 18.0 Å². The van der Waals surface area contributed by atoms with Gasteiger partial charge in [0.25, 0.3) is 0 Å². The van der Waals surface area contributed by atoms with Crippen molar-refractivity contribution >= 4 is 5.82 Å². The van der Waals surface area contributed by atoms with E-state index in [2.05, 4.69) is 31.0 Å². The van der Waals surface area contributed by atoms with Crippen molar-refractivity contribution < 1.29 is 9.13 Å². The van der Waals surface area contributed by atoms with Crippen LogP contribution in [-0.4, -0.2) is 37.8 Å². The summed E-state index contributed by atoms with van der Waals surface area (Å²) in [5.74, 6) is 3.71. The van der Waals surface area contributed by atoms with E-state index in [0.717, 1.165) is 42.4 Å². The third-order valence-corrected chi connectivity index (χ3v) is 6.55. The molecule has 3 aromatic rings. The predicted octanol–water partition coefficient (Wildman–Crippen LogP) is 3.86. The molecule has 2 unspecified atom stereocenters. The first-order valence-electron chi connectivity index (χ1n) is 10.8. The number of ether oxygens (including phenoxy) is 1. The molecule has 3 heterocycles. The Morgan fingerprint density at radius 2 is 1.84 bits per heavy atom. The molecule has 0 radical (unpaired) electrons. The van der Waals surface area contributed by atoms with Gasteiger partial charge in [0.05, 0.1) is 0 Å². The number of hydrogen-bond donors (Lipinski definition) is 0. The van der Waals surface area contributed by atoms with Gasteiger partial charge in [0.15, 0.2) is 5.82 Å². The molecule has 8 heteroatoms. The van der Waals surface area contributed by atoms with Crippen molar-refractivity contribution in [2.45, 2.75) is 33.1 Å². The fourth-order valence-electron chi connectivity index (χ4n) is 5.14. The van der Waals surface area contributed by atoms with Gasteiger partial charge in [0, 0.05) is 44.4 Å². The van der Waals surface area contributed by atoms with Crippen LogP contribution >= 0.6 is 0 Å². The molecular formula is C23H27FN6O. The zero-order valence-electron chi connectivity index (χ0n) is 18.1. The Hall–Kier alpha value is -3.03. The lowest BCUT2D eigenvalue weighted by atomic mass is 9.82. The summed E-state index contributed by atoms with van der Waals surface area (Å²) in [6.45, 7) is 5.86. The monoisotopic (exact) mass is 422 g/mol. The molecule has 1 aliphatic heterocycles. The van der Waals surface area contributed by atoms with Crippen LogP contribution in [0, 0.1) is 37.4 Å². The van der Waals surface area contributed by atoms with Crippen LogP contribution < -0.4 is 9.64 Å². The average Bonchev–Trinajstić information content (AvgIpc) is 3.15. The lowest BCUT2D eigenvalue weighted by Gasteiger charge is -2.38. The molecule has 2 fully saturated rings. The molecule has 7 nitrogen and oxygen atoms in total. The molecule has 0 N–H and O–H groups in total. The van der Waals surface area contributed by atoms with Crippen molar-refractivity contribution in [1.29, 1.82) is 0 Å². The summed E-state index contributed by atoms with van der Waals surface area (Å²) in [7, 11) is 1.81. The molecule has 1 aliphatic carbocycles. The van der Waals surface area contributed by atoms with E-state index < -0.39 is 0 Å². The van der Waals surface area contributed by atoms with Gasteiger partial charge in [-0.2, -0.15) is 10.1 Å². The van der Waals surface area contributed by atoms with E-state index in [4.69, 9.17) is 4.74 Å². The second-order valence-electron chi connectivity index (χ2n) is 8.89. The molecule has 0 amide bonds. The first kappa shape index (κ1) is 19.9. The van der Waals surface area contributed by atoms with Crippen molar-refractivity contribution in [2.24, 2.45) is 24.8 Å². The summed E-state index contributed by atoms with van der Waals surface area (Å²) < 4.78 is 21.1. The average molecular weight is 423 g/mol. The first-order chi connectivity index (χ1) is 14.9. The molecule has 31 heavy (non-hydrogen) atoms. The molecule has 2 bridgehead atoms. The topological polar surface area (TPSA) is 69.0 Å². The van der Waals surface area contributed by atoms with Gasteiger partial charge in [0.2, 0.25) is 0 Å². The highest BCUT2D eigenvalue weighted by Gasteiger charge is 2.42. The van der Waals surface area contributed by atoms with Crippen LogP contribution in [0.1, 0.15) is 29.9 Å². The molecule has 0 spiro atoms. The molecule has 162 valence electrons. The summed E-state index contributed by atoms with van der Waals surface area (Å²) in [5.41, 5.74) is 1.80. The number of hydrogen-bond acceptors (Lipinski definition) is 6. The summed E-state index contributed by atoms with van der Waals surface area (Å²) in [6.07, 6.45) is 4.95. The number of aromatic nitrogens is 5. The minimum absolute atomic E-state index is 0.320. The summed E-state index contributed by atoms with van der Waals surface area (Å²) in [5, 5.41) is 4.58. The van der Waals surface area contributed by atoms with Crippen molar-refractivity contribution in [3.8, 4) is 11.8 Å². The Bertz CT molecular complexity index is 1070. The molecule has 1 saturated heterocycles. The summed E-state index contributed by atoms with van der Waals surface area (Å²) in [6, 6.07) is 7.09.